The topological polar surface area (TPSA) is 56.7 Å². The van der Waals surface area contributed by atoms with E-state index in [1.807, 2.05) is 0 Å². The Morgan fingerprint density at radius 2 is 2.06 bits per heavy atom. The van der Waals surface area contributed by atoms with Crippen LogP contribution in [0.25, 0.3) is 11.4 Å². The van der Waals surface area contributed by atoms with Gasteiger partial charge in [-0.3, -0.25) is 0 Å². The van der Waals surface area contributed by atoms with Crippen LogP contribution in [-0.2, 0) is 13.6 Å². The Morgan fingerprint density at radius 1 is 1.31 bits per heavy atom. The molecule has 0 aliphatic heterocycles. The molecule has 1 aromatic heterocycles. The molecule has 4 nitrogen and oxygen atoms in total. The van der Waals surface area contributed by atoms with E-state index in [0.717, 1.165) is 6.07 Å². The molecule has 1 aromatic carbocycles. The minimum Gasteiger partial charge on any atom is -0.324 e. The van der Waals surface area contributed by atoms with Crippen LogP contribution in [0.5, 0.6) is 0 Å². The molecule has 0 aliphatic rings. The number of aromatic nitrogens is 3. The summed E-state index contributed by atoms with van der Waals surface area (Å²) in [6, 6.07) is 3.92. The summed E-state index contributed by atoms with van der Waals surface area (Å²) < 4.78 is 28.1. The van der Waals surface area contributed by atoms with Gasteiger partial charge in [0.25, 0.3) is 0 Å². The molecule has 6 heteroatoms. The van der Waals surface area contributed by atoms with Gasteiger partial charge in [-0.25, -0.2) is 8.78 Å². The lowest BCUT2D eigenvalue weighted by molar-refractivity contribution is 0.510. The lowest BCUT2D eigenvalue weighted by Crippen LogP contribution is -2.06. The number of benzene rings is 1. The first-order chi connectivity index (χ1) is 7.65. The Hall–Kier alpha value is -1.82. The van der Waals surface area contributed by atoms with Crippen molar-refractivity contribution in [1.29, 1.82) is 0 Å². The zero-order chi connectivity index (χ0) is 11.7. The Kier molecular flexibility index (Phi) is 2.66. The molecule has 0 saturated heterocycles. The summed E-state index contributed by atoms with van der Waals surface area (Å²) in [5, 5.41) is 7.57. The molecule has 2 rings (SSSR count). The third-order valence-corrected chi connectivity index (χ3v) is 2.34. The van der Waals surface area contributed by atoms with Crippen LogP contribution in [0.3, 0.4) is 0 Å². The molecule has 2 aromatic rings. The van der Waals surface area contributed by atoms with Crippen molar-refractivity contribution in [3.05, 3.63) is 35.7 Å². The molecule has 0 fully saturated rings. The van der Waals surface area contributed by atoms with Crippen molar-refractivity contribution in [2.24, 2.45) is 12.8 Å². The summed E-state index contributed by atoms with van der Waals surface area (Å²) in [5.41, 5.74) is 5.50. The highest BCUT2D eigenvalue weighted by molar-refractivity contribution is 5.56. The molecule has 0 spiro atoms. The van der Waals surface area contributed by atoms with E-state index < -0.39 is 11.6 Å². The van der Waals surface area contributed by atoms with Crippen molar-refractivity contribution in [3.63, 3.8) is 0 Å². The molecule has 1 heterocycles. The molecule has 0 saturated carbocycles. The van der Waals surface area contributed by atoms with Gasteiger partial charge >= 0.3 is 0 Å². The van der Waals surface area contributed by atoms with Crippen LogP contribution in [-0.4, -0.2) is 14.8 Å². The Morgan fingerprint density at radius 3 is 2.69 bits per heavy atom. The zero-order valence-corrected chi connectivity index (χ0v) is 8.61. The number of nitrogens with zero attached hydrogens (tertiary/aromatic N) is 3. The summed E-state index contributed by atoms with van der Waals surface area (Å²) in [5.74, 6) is -1.06. The highest BCUT2D eigenvalue weighted by Crippen LogP contribution is 2.22. The third kappa shape index (κ3) is 1.57. The highest BCUT2D eigenvalue weighted by Gasteiger charge is 2.15. The molecular weight excluding hydrogens is 214 g/mol. The van der Waals surface area contributed by atoms with Gasteiger partial charge in [-0.15, -0.1) is 10.2 Å². The van der Waals surface area contributed by atoms with Gasteiger partial charge in [0.15, 0.2) is 17.5 Å². The molecule has 0 aliphatic carbocycles. The largest absolute Gasteiger partial charge is 0.324 e. The van der Waals surface area contributed by atoms with Gasteiger partial charge in [-0.05, 0) is 12.1 Å². The summed E-state index contributed by atoms with van der Waals surface area (Å²) in [6.07, 6.45) is 0. The van der Waals surface area contributed by atoms with Crippen LogP contribution < -0.4 is 5.73 Å². The standard InChI is InChI=1S/C10H10F2N4/c1-16-8(5-13)14-15-10(16)6-3-2-4-7(11)9(6)12/h2-4H,5,13H2,1H3. The molecule has 2 N–H and O–H groups in total. The quantitative estimate of drug-likeness (QED) is 0.834. The third-order valence-electron chi connectivity index (χ3n) is 2.34. The Labute approximate surface area is 90.7 Å². The lowest BCUT2D eigenvalue weighted by Gasteiger charge is -2.04. The monoisotopic (exact) mass is 224 g/mol. The molecular formula is C10H10F2N4. The van der Waals surface area contributed by atoms with Crippen molar-refractivity contribution < 1.29 is 8.78 Å². The van der Waals surface area contributed by atoms with Crippen LogP contribution in [0.2, 0.25) is 0 Å². The Balaban J connectivity index is 2.59. The van der Waals surface area contributed by atoms with Gasteiger partial charge in [0.05, 0.1) is 12.1 Å². The molecule has 0 bridgehead atoms. The van der Waals surface area contributed by atoms with E-state index in [-0.39, 0.29) is 17.9 Å². The van der Waals surface area contributed by atoms with Gasteiger partial charge in [-0.1, -0.05) is 6.07 Å². The van der Waals surface area contributed by atoms with E-state index in [1.54, 1.807) is 7.05 Å². The summed E-state index contributed by atoms with van der Waals surface area (Å²) in [6.45, 7) is 0.195. The first kappa shape index (κ1) is 10.7. The van der Waals surface area contributed by atoms with Gasteiger partial charge in [0.2, 0.25) is 0 Å². The van der Waals surface area contributed by atoms with Crippen molar-refractivity contribution in [1.82, 2.24) is 14.8 Å². The maximum Gasteiger partial charge on any atom is 0.169 e. The fraction of sp³-hybridized carbons (Fsp3) is 0.200. The maximum absolute atomic E-state index is 13.5. The van der Waals surface area contributed by atoms with Crippen molar-refractivity contribution in [2.45, 2.75) is 6.54 Å². The summed E-state index contributed by atoms with van der Waals surface area (Å²) in [4.78, 5) is 0. The van der Waals surface area contributed by atoms with Crippen molar-refractivity contribution in [3.8, 4) is 11.4 Å². The van der Waals surface area contributed by atoms with Gasteiger partial charge in [0.1, 0.15) is 5.82 Å². The average molecular weight is 224 g/mol. The first-order valence-electron chi connectivity index (χ1n) is 4.68. The van der Waals surface area contributed by atoms with E-state index >= 15 is 0 Å². The van der Waals surface area contributed by atoms with Crippen molar-refractivity contribution in [2.75, 3.05) is 0 Å². The predicted molar refractivity (Wildman–Crippen MR) is 54.2 cm³/mol. The molecule has 0 unspecified atom stereocenters. The fourth-order valence-corrected chi connectivity index (χ4v) is 1.45. The van der Waals surface area contributed by atoms with E-state index in [4.69, 9.17) is 5.73 Å². The maximum atomic E-state index is 13.5. The predicted octanol–water partition coefficient (Wildman–Crippen LogP) is 1.22. The minimum absolute atomic E-state index is 0.0784. The molecule has 16 heavy (non-hydrogen) atoms. The van der Waals surface area contributed by atoms with Crippen LogP contribution in [0.4, 0.5) is 8.78 Å². The number of halogens is 2. The summed E-state index contributed by atoms with van der Waals surface area (Å²) >= 11 is 0. The fourth-order valence-electron chi connectivity index (χ4n) is 1.45. The van der Waals surface area contributed by atoms with E-state index in [9.17, 15) is 8.78 Å². The first-order valence-corrected chi connectivity index (χ1v) is 4.68. The van der Waals surface area contributed by atoms with Crippen molar-refractivity contribution >= 4 is 0 Å². The van der Waals surface area contributed by atoms with Gasteiger partial charge < -0.3 is 10.3 Å². The van der Waals surface area contributed by atoms with Crippen LogP contribution in [0.15, 0.2) is 18.2 Å². The normalized spacial score (nSPS) is 10.8. The van der Waals surface area contributed by atoms with E-state index in [0.29, 0.717) is 5.82 Å². The van der Waals surface area contributed by atoms with Gasteiger partial charge in [0, 0.05) is 7.05 Å². The number of rotatable bonds is 2. The molecule has 0 atom stereocenters. The zero-order valence-electron chi connectivity index (χ0n) is 8.61. The second kappa shape index (κ2) is 3.97. The highest BCUT2D eigenvalue weighted by atomic mass is 19.2. The smallest absolute Gasteiger partial charge is 0.169 e. The average Bonchev–Trinajstić information content (AvgIpc) is 2.64. The Bertz CT molecular complexity index is 522. The summed E-state index contributed by atoms with van der Waals surface area (Å²) in [7, 11) is 1.65. The SMILES string of the molecule is Cn1c(CN)nnc1-c1cccc(F)c1F. The number of hydrogen-bond acceptors (Lipinski definition) is 3. The van der Waals surface area contributed by atoms with E-state index in [1.165, 1.54) is 16.7 Å². The molecule has 0 radical (unpaired) electrons. The second-order valence-corrected chi connectivity index (χ2v) is 3.30. The molecule has 0 amide bonds. The number of nitrogens with two attached hydrogens (primary N) is 1. The van der Waals surface area contributed by atoms with Crippen LogP contribution in [0.1, 0.15) is 5.82 Å². The van der Waals surface area contributed by atoms with Crippen LogP contribution >= 0.6 is 0 Å². The molecule has 84 valence electrons. The van der Waals surface area contributed by atoms with E-state index in [2.05, 4.69) is 10.2 Å². The minimum atomic E-state index is -0.929. The van der Waals surface area contributed by atoms with Crippen LogP contribution in [0, 0.1) is 11.6 Å². The number of hydrogen-bond donors (Lipinski definition) is 1. The van der Waals surface area contributed by atoms with Gasteiger partial charge in [-0.2, -0.15) is 0 Å². The lowest BCUT2D eigenvalue weighted by atomic mass is 10.2. The second-order valence-electron chi connectivity index (χ2n) is 3.30.